The number of hydrogen-bond acceptors (Lipinski definition) is 3. The third-order valence-electron chi connectivity index (χ3n) is 0.149. The summed E-state index contributed by atoms with van der Waals surface area (Å²) in [6.45, 7) is 0. The smallest absolute Gasteiger partial charge is 0.0506 e. The monoisotopic (exact) mass is 128 g/mol. The van der Waals surface area contributed by atoms with Gasteiger partial charge in [0.1, 0.15) is 0 Å². The van der Waals surface area contributed by atoms with Gasteiger partial charge >= 0.3 is 0 Å². The zero-order valence-corrected chi connectivity index (χ0v) is 5.20. The summed E-state index contributed by atoms with van der Waals surface area (Å²) in [6, 6.07) is 0. The molecule has 1 nitrogen and oxygen atoms in total. The van der Waals surface area contributed by atoms with Gasteiger partial charge in [-0.25, -0.2) is 0 Å². The third-order valence-corrected chi connectivity index (χ3v) is 1.34. The van der Waals surface area contributed by atoms with Gasteiger partial charge in [0.15, 0.2) is 0 Å². The minimum absolute atomic E-state index is 0.932. The molecule has 4 heteroatoms. The largest absolute Gasteiger partial charge is 0.316 e. The van der Waals surface area contributed by atoms with Crippen molar-refractivity contribution < 1.29 is 4.18 Å². The van der Waals surface area contributed by atoms with Crippen LogP contribution < -0.4 is 0 Å². The predicted molar refractivity (Wildman–Crippen MR) is 30.5 cm³/mol. The summed E-state index contributed by atoms with van der Waals surface area (Å²) in [5, 5.41) is 0. The molecule has 0 atom stereocenters. The Hall–Kier alpha value is 0.750. The van der Waals surface area contributed by atoms with Crippen molar-refractivity contribution in [3.05, 3.63) is 0 Å². The zero-order valence-electron chi connectivity index (χ0n) is 2.67. The summed E-state index contributed by atoms with van der Waals surface area (Å²) in [5.41, 5.74) is 0. The quantitative estimate of drug-likeness (QED) is 0.491. The average Bonchev–Trinajstić information content (AvgIpc) is 1.38. The van der Waals surface area contributed by atoms with E-state index in [4.69, 9.17) is 0 Å². The predicted octanol–water partition coefficient (Wildman–Crippen LogP) is -0.178. The molecule has 0 fully saturated rings. The van der Waals surface area contributed by atoms with Crippen molar-refractivity contribution in [1.29, 1.82) is 0 Å². The van der Waals surface area contributed by atoms with E-state index >= 15 is 0 Å². The van der Waals surface area contributed by atoms with E-state index in [1.807, 2.05) is 0 Å². The molecule has 0 N–H and O–H groups in total. The fourth-order valence-corrected chi connectivity index (χ4v) is 0. The van der Waals surface area contributed by atoms with Crippen LogP contribution in [0.4, 0.5) is 0 Å². The van der Waals surface area contributed by atoms with Crippen LogP contribution in [-0.4, -0.2) is 7.11 Å². The van der Waals surface area contributed by atoms with Gasteiger partial charge in [0.05, 0.1) is 7.11 Å². The molecule has 0 spiro atoms. The van der Waals surface area contributed by atoms with Gasteiger partial charge < -0.3 is 4.18 Å². The highest BCUT2D eigenvalue weighted by Gasteiger charge is 1.52. The number of thiol groups is 1. The van der Waals surface area contributed by atoms with Gasteiger partial charge in [-0.05, 0) is 22.4 Å². The van der Waals surface area contributed by atoms with E-state index in [-0.39, 0.29) is 0 Å². The molecule has 0 aliphatic heterocycles. The molecule has 0 unspecified atom stereocenters. The third kappa shape index (κ3) is 4.75. The molecule has 0 heterocycles. The van der Waals surface area contributed by atoms with E-state index in [1.54, 1.807) is 0 Å². The first-order chi connectivity index (χ1) is 2.27. The molecular formula is CH4OS3. The lowest BCUT2D eigenvalue weighted by molar-refractivity contribution is 0.494. The van der Waals surface area contributed by atoms with Crippen molar-refractivity contribution >= 4 is 30.7 Å². The topological polar surface area (TPSA) is 9.23 Å². The van der Waals surface area contributed by atoms with Gasteiger partial charge in [0.2, 0.25) is 0 Å². The normalized spacial score (nSPS) is 9.20. The van der Waals surface area contributed by atoms with E-state index in [2.05, 4.69) is 26.6 Å². The fourth-order valence-electron chi connectivity index (χ4n) is 0. The summed E-state index contributed by atoms with van der Waals surface area (Å²) in [4.78, 5) is 0. The Kier molecular flexibility index (Phi) is 3.40. The number of hydrogen-bond donors (Lipinski definition) is 1. The van der Waals surface area contributed by atoms with Gasteiger partial charge in [0, 0.05) is 8.29 Å². The average molecular weight is 128 g/mol. The van der Waals surface area contributed by atoms with Crippen molar-refractivity contribution in [3.8, 4) is 0 Å². The van der Waals surface area contributed by atoms with Crippen LogP contribution in [0.15, 0.2) is 0 Å². The van der Waals surface area contributed by atoms with E-state index in [9.17, 15) is 0 Å². The molecule has 32 valence electrons. The Morgan fingerprint density at radius 2 is 1.80 bits per heavy atom. The van der Waals surface area contributed by atoms with Crippen LogP contribution in [0.3, 0.4) is 0 Å². The van der Waals surface area contributed by atoms with E-state index in [0.29, 0.717) is 0 Å². The van der Waals surface area contributed by atoms with E-state index in [1.165, 1.54) is 7.11 Å². The van der Waals surface area contributed by atoms with E-state index in [0.717, 1.165) is 0 Å². The second kappa shape index (κ2) is 2.96. The van der Waals surface area contributed by atoms with Crippen LogP contribution in [0.5, 0.6) is 0 Å². The summed E-state index contributed by atoms with van der Waals surface area (Å²) >= 11 is 8.88. The Balaban J connectivity index is 3.23. The lowest BCUT2D eigenvalue weighted by Crippen LogP contribution is -1.68. The second-order valence-electron chi connectivity index (χ2n) is 0.406. The molecule has 0 aromatic heterocycles. The van der Waals surface area contributed by atoms with Crippen molar-refractivity contribution in [2.24, 2.45) is 0 Å². The van der Waals surface area contributed by atoms with Crippen molar-refractivity contribution in [2.75, 3.05) is 7.11 Å². The molecular weight excluding hydrogens is 124 g/mol. The van der Waals surface area contributed by atoms with Crippen LogP contribution in [0.1, 0.15) is 0 Å². The highest BCUT2D eigenvalue weighted by atomic mass is 33.1. The van der Waals surface area contributed by atoms with E-state index < -0.39 is 8.29 Å². The Bertz CT molecular complexity index is 65.0. The van der Waals surface area contributed by atoms with Gasteiger partial charge in [0.25, 0.3) is 0 Å². The first-order valence-corrected chi connectivity index (χ1v) is 4.24. The van der Waals surface area contributed by atoms with Crippen molar-refractivity contribution in [2.45, 2.75) is 0 Å². The summed E-state index contributed by atoms with van der Waals surface area (Å²) < 4.78 is 4.44. The molecule has 0 aromatic rings. The maximum atomic E-state index is 4.44. The Labute approximate surface area is 42.4 Å². The minimum atomic E-state index is -0.932. The second-order valence-corrected chi connectivity index (χ2v) is 3.90. The molecule has 0 rings (SSSR count). The maximum Gasteiger partial charge on any atom is 0.0506 e. The molecule has 0 saturated carbocycles. The zero-order chi connectivity index (χ0) is 4.28. The summed E-state index contributed by atoms with van der Waals surface area (Å²) in [5.74, 6) is 0. The fraction of sp³-hybridized carbons (Fsp3) is 1.00. The highest BCUT2D eigenvalue weighted by Crippen LogP contribution is 1.57. The molecule has 0 saturated heterocycles. The maximum absolute atomic E-state index is 4.44. The lowest BCUT2D eigenvalue weighted by atomic mass is 11.8. The minimum Gasteiger partial charge on any atom is -0.316 e. The molecule has 0 aromatic carbocycles. The first kappa shape index (κ1) is 5.75. The van der Waals surface area contributed by atoms with Crippen molar-refractivity contribution in [1.82, 2.24) is 0 Å². The number of rotatable bonds is 1. The first-order valence-electron chi connectivity index (χ1n) is 0.956. The Morgan fingerprint density at radius 3 is 1.80 bits per heavy atom. The standard InChI is InChI=1S/CH4OS3/c1-2-5(3)4/h5H,1H3. The molecule has 5 heavy (non-hydrogen) atoms. The summed E-state index contributed by atoms with van der Waals surface area (Å²) in [7, 11) is 0.588. The van der Waals surface area contributed by atoms with Crippen LogP contribution in [0.2, 0.25) is 0 Å². The Morgan fingerprint density at radius 1 is 1.60 bits per heavy atom. The van der Waals surface area contributed by atoms with Crippen molar-refractivity contribution in [3.63, 3.8) is 0 Å². The van der Waals surface area contributed by atoms with Gasteiger partial charge in [-0.1, -0.05) is 0 Å². The van der Waals surface area contributed by atoms with Gasteiger partial charge in [-0.3, -0.25) is 0 Å². The lowest BCUT2D eigenvalue weighted by Gasteiger charge is -1.74. The highest BCUT2D eigenvalue weighted by molar-refractivity contribution is 8.44. The SMILES string of the molecule is CO[SH](=S)=S. The molecule has 0 amide bonds. The summed E-state index contributed by atoms with van der Waals surface area (Å²) in [6.07, 6.45) is 0. The van der Waals surface area contributed by atoms with Crippen LogP contribution >= 0.6 is 0 Å². The van der Waals surface area contributed by atoms with Crippen LogP contribution in [0, 0.1) is 0 Å². The van der Waals surface area contributed by atoms with Gasteiger partial charge in [-0.2, -0.15) is 0 Å². The molecule has 0 aliphatic carbocycles. The van der Waals surface area contributed by atoms with Crippen LogP contribution in [0.25, 0.3) is 0 Å². The molecule has 0 radical (unpaired) electrons. The molecule has 0 aliphatic rings. The van der Waals surface area contributed by atoms with Gasteiger partial charge in [-0.15, -0.1) is 0 Å². The van der Waals surface area contributed by atoms with Crippen LogP contribution in [-0.2, 0) is 34.9 Å². The molecule has 0 bridgehead atoms.